The van der Waals surface area contributed by atoms with Crippen LogP contribution in [0.3, 0.4) is 0 Å². The number of anilines is 6. The Bertz CT molecular complexity index is 5350. The van der Waals surface area contributed by atoms with Crippen LogP contribution in [-0.4, -0.2) is 19.9 Å². The molecule has 13 heteroatoms. The monoisotopic (exact) mass is 1440 g/mol. The quantitative estimate of drug-likeness (QED) is 0.0505. The number of aryl methyl sites for hydroxylation is 1. The normalized spacial score (nSPS) is 11.0. The second kappa shape index (κ2) is 28.1. The second-order valence-electron chi connectivity index (χ2n) is 21.8. The van der Waals surface area contributed by atoms with E-state index in [0.717, 1.165) is 89.8 Å². The number of nitriles is 4. The van der Waals surface area contributed by atoms with Crippen LogP contribution in [0.5, 0.6) is 0 Å². The number of aromatic nitrogens is 4. The summed E-state index contributed by atoms with van der Waals surface area (Å²) in [5.74, 6) is 0. The molecule has 0 saturated heterocycles. The van der Waals surface area contributed by atoms with E-state index in [9.17, 15) is 21.0 Å². The Morgan fingerprint density at radius 3 is 1.16 bits per heavy atom. The number of benzene rings is 11. The zero-order valence-corrected chi connectivity index (χ0v) is 55.4. The summed E-state index contributed by atoms with van der Waals surface area (Å²) < 4.78 is 0. The Morgan fingerprint density at radius 2 is 0.768 bits per heavy atom. The van der Waals surface area contributed by atoms with Gasteiger partial charge in [-0.1, -0.05) is 163 Å². The van der Waals surface area contributed by atoms with Crippen molar-refractivity contribution in [2.45, 2.75) is 13.8 Å². The molecule has 0 amide bonds. The first-order valence-electron chi connectivity index (χ1n) is 30.0. The molecule has 0 spiro atoms. The minimum absolute atomic E-state index is 0. The summed E-state index contributed by atoms with van der Waals surface area (Å²) in [4.78, 5) is 27.3. The van der Waals surface area contributed by atoms with E-state index in [1.807, 2.05) is 91.0 Å². The topological polar surface area (TPSA) is 181 Å². The number of nitrogens with one attached hydrogen (secondary N) is 1. The van der Waals surface area contributed by atoms with E-state index in [0.29, 0.717) is 28.0 Å². The van der Waals surface area contributed by atoms with Gasteiger partial charge in [0.05, 0.1) is 5.52 Å². The molecule has 0 saturated carbocycles. The molecule has 95 heavy (non-hydrogen) atoms. The van der Waals surface area contributed by atoms with Crippen LogP contribution < -0.4 is 15.1 Å². The Kier molecular flexibility index (Phi) is 18.5. The van der Waals surface area contributed by atoms with Crippen molar-refractivity contribution in [2.24, 2.45) is 0 Å². The minimum Gasteiger partial charge on any atom is -0.329 e. The molecule has 0 aliphatic carbocycles. The smallest absolute Gasteiger partial charge is 0.329 e. The average Bonchev–Trinajstić information content (AvgIpc) is 0.746. The molecule has 0 atom stereocenters. The molecular formula is C82H50N12U+2. The average molecular weight is 1440 g/mol. The van der Waals surface area contributed by atoms with E-state index in [2.05, 4.69) is 236 Å². The van der Waals surface area contributed by atoms with Crippen molar-refractivity contribution >= 4 is 68.0 Å². The van der Waals surface area contributed by atoms with Crippen molar-refractivity contribution in [1.82, 2.24) is 19.9 Å². The van der Waals surface area contributed by atoms with Crippen LogP contribution in [0.25, 0.3) is 88.6 Å². The van der Waals surface area contributed by atoms with E-state index in [1.54, 1.807) is 26.0 Å². The number of fused-ring (bicyclic) bond motifs is 3. The van der Waals surface area contributed by atoms with Crippen molar-refractivity contribution in [1.29, 1.82) is 21.0 Å². The van der Waals surface area contributed by atoms with Gasteiger partial charge in [0.15, 0.2) is 22.8 Å². The molecule has 0 unspecified atom stereocenters. The van der Waals surface area contributed by atoms with E-state index < -0.39 is 0 Å². The number of nitrogens with zero attached hydrogens (tertiary/aromatic N) is 11. The summed E-state index contributed by atoms with van der Waals surface area (Å²) in [6.07, 6.45) is 3.36. The van der Waals surface area contributed by atoms with E-state index >= 15 is 0 Å². The maximum absolute atomic E-state index is 10.0. The largest absolute Gasteiger partial charge is 2.00 e. The predicted octanol–water partition coefficient (Wildman–Crippen LogP) is 18.0. The van der Waals surface area contributed by atoms with Crippen molar-refractivity contribution < 1.29 is 36.4 Å². The molecule has 0 fully saturated rings. The van der Waals surface area contributed by atoms with Crippen LogP contribution in [0.4, 0.5) is 39.8 Å². The summed E-state index contributed by atoms with van der Waals surface area (Å²) in [7, 11) is 0. The van der Waals surface area contributed by atoms with Crippen LogP contribution in [0.2, 0.25) is 0 Å². The molecule has 0 aliphatic rings. The number of allylic oxidation sites excluding steroid dienone is 3. The molecule has 0 aliphatic heterocycles. The maximum atomic E-state index is 10.0. The van der Waals surface area contributed by atoms with Gasteiger partial charge in [-0.05, 0) is 135 Å². The fraction of sp³-hybridized carbons (Fsp3) is 0.0244. The Balaban J connectivity index is 0.00000864. The van der Waals surface area contributed by atoms with Crippen LogP contribution in [0.15, 0.2) is 266 Å². The number of hydrogen-bond donors (Lipinski definition) is 1. The molecule has 11 aromatic carbocycles. The van der Waals surface area contributed by atoms with Crippen molar-refractivity contribution in [3.63, 3.8) is 0 Å². The van der Waals surface area contributed by atoms with Gasteiger partial charge in [-0.3, -0.25) is 0 Å². The first-order valence-corrected chi connectivity index (χ1v) is 30.0. The molecule has 13 rings (SSSR count). The van der Waals surface area contributed by atoms with E-state index in [4.69, 9.17) is 10.1 Å². The predicted molar refractivity (Wildman–Crippen MR) is 370 cm³/mol. The van der Waals surface area contributed by atoms with Crippen LogP contribution >= 0.6 is 0 Å². The molecule has 0 radical (unpaired) electrons. The van der Waals surface area contributed by atoms with E-state index in [1.165, 1.54) is 0 Å². The van der Waals surface area contributed by atoms with Gasteiger partial charge in [0.25, 0.3) is 0 Å². The maximum Gasteiger partial charge on any atom is 2.00 e. The summed E-state index contributed by atoms with van der Waals surface area (Å²) in [5, 5.41) is 48.0. The van der Waals surface area contributed by atoms with E-state index in [-0.39, 0.29) is 76.0 Å². The Hall–Kier alpha value is -12.8. The first kappa shape index (κ1) is 62.4. The third-order valence-electron chi connectivity index (χ3n) is 16.1. The third-order valence-corrected chi connectivity index (χ3v) is 16.1. The summed E-state index contributed by atoms with van der Waals surface area (Å²) in [6, 6.07) is 106. The van der Waals surface area contributed by atoms with Crippen LogP contribution in [0.1, 0.15) is 40.8 Å². The van der Waals surface area contributed by atoms with Gasteiger partial charge >= 0.3 is 48.9 Å². The van der Waals surface area contributed by atoms with Gasteiger partial charge < -0.3 is 9.80 Å². The van der Waals surface area contributed by atoms with Crippen molar-refractivity contribution in [3.05, 3.63) is 317 Å². The number of hydrogen-bond acceptors (Lipinski definition) is 10. The van der Waals surface area contributed by atoms with Gasteiger partial charge in [0.2, 0.25) is 0 Å². The minimum atomic E-state index is -0.246. The van der Waals surface area contributed by atoms with Crippen LogP contribution in [0, 0.1) is 108 Å². The number of rotatable bonds is 13. The Morgan fingerprint density at radius 1 is 0.411 bits per heavy atom. The standard InChI is InChI=1S/C82H49N12.U/c1-3-55(48-83)66(47-74-54(2)79-81(91-77(51-86)75(49-84)89-79)82-80(74)90-76(50-85)78(52-87)92-82)53-88-67-25-13-22-63(44-67)62-34-42-71(43-35-62)94(70-40-32-61(33-41-70)58-20-11-6-12-21-58)73-27-15-24-65(46-73)64-23-14-26-72(45-64)93(68-36-28-59(29-37-68)56-16-7-4-8-17-56)69-38-30-60(31-39-69)57-18-9-5-10-19-57;/h3-22,25-47H,1-2H3;/q-1;+2/p+1/b55-3+;. The SMILES string of the molecule is C/C=C(C#[NH+])/C(C#[N+]c1cccc(-c2ccc(N(c3ccc(-c4ccccc4)cc3)c3cc[c-]c(-c4[c-]ccc(N(c5ccc(-c6ccccc6)cc5)c5ccc(-c6ccccc6)cc5)c4)c3)cc2)c1)=C\c1c(C)c2nc(C#N)c(C#N)nc2c2nc(C#N)c(C#N)nc12.[U+2]. The third kappa shape index (κ3) is 13.0. The van der Waals surface area contributed by atoms with Gasteiger partial charge in [-0.2, -0.15) is 57.4 Å². The Labute approximate surface area is 573 Å². The molecule has 1 N–H and O–H groups in total. The molecule has 12 nitrogen and oxygen atoms in total. The zero-order chi connectivity index (χ0) is 64.5. The van der Waals surface area contributed by atoms with Crippen molar-refractivity contribution in [3.8, 4) is 92.0 Å². The van der Waals surface area contributed by atoms with Gasteiger partial charge in [0, 0.05) is 40.4 Å². The van der Waals surface area contributed by atoms with Crippen molar-refractivity contribution in [2.75, 3.05) is 9.80 Å². The molecule has 2 aromatic heterocycles. The summed E-state index contributed by atoms with van der Waals surface area (Å²) in [5.41, 5.74) is 17.9. The van der Waals surface area contributed by atoms with Gasteiger partial charge in [-0.25, -0.2) is 31.1 Å². The first-order chi connectivity index (χ1) is 46.2. The van der Waals surface area contributed by atoms with Gasteiger partial charge in [-0.15, -0.1) is 12.1 Å². The molecular weight excluding hydrogens is 1390 g/mol. The van der Waals surface area contributed by atoms with Crippen LogP contribution in [-0.2, 0) is 0 Å². The summed E-state index contributed by atoms with van der Waals surface area (Å²) >= 11 is 0. The molecule has 0 bridgehead atoms. The molecule has 440 valence electrons. The molecule has 2 heterocycles. The van der Waals surface area contributed by atoms with Gasteiger partial charge in [0.1, 0.15) is 52.0 Å². The summed E-state index contributed by atoms with van der Waals surface area (Å²) in [6.45, 7) is 3.49. The molecule has 13 aromatic rings. The zero-order valence-electron chi connectivity index (χ0n) is 51.2. The fourth-order valence-electron chi connectivity index (χ4n) is 11.4. The fourth-order valence-corrected chi connectivity index (χ4v) is 11.4. The second-order valence-corrected chi connectivity index (χ2v) is 21.8.